The van der Waals surface area contributed by atoms with Gasteiger partial charge in [-0.25, -0.2) is 0 Å². The van der Waals surface area contributed by atoms with Gasteiger partial charge in [-0.05, 0) is 31.9 Å². The van der Waals surface area contributed by atoms with Crippen molar-refractivity contribution < 1.29 is 4.74 Å². The molecule has 1 rings (SSSR count). The highest BCUT2D eigenvalue weighted by Crippen LogP contribution is 2.20. The average molecular weight is 222 g/mol. The van der Waals surface area contributed by atoms with E-state index in [0.717, 1.165) is 24.2 Å². The zero-order valence-corrected chi connectivity index (χ0v) is 10.4. The van der Waals surface area contributed by atoms with Crippen molar-refractivity contribution in [3.05, 3.63) is 24.0 Å². The van der Waals surface area contributed by atoms with Crippen molar-refractivity contribution in [3.8, 4) is 5.75 Å². The number of aromatic nitrogens is 1. The van der Waals surface area contributed by atoms with E-state index in [4.69, 9.17) is 10.5 Å². The van der Waals surface area contributed by atoms with Gasteiger partial charge in [0.1, 0.15) is 5.75 Å². The standard InChI is InChI=1S/C13H22N2O/c1-4-5-6-13(14)11-7-12(9-15-8-11)16-10(2)3/h7-10,13H,4-6,14H2,1-3H3. The summed E-state index contributed by atoms with van der Waals surface area (Å²) in [4.78, 5) is 4.16. The van der Waals surface area contributed by atoms with Crippen molar-refractivity contribution in [2.75, 3.05) is 0 Å². The van der Waals surface area contributed by atoms with Gasteiger partial charge in [-0.2, -0.15) is 0 Å². The van der Waals surface area contributed by atoms with Crippen LogP contribution in [0.3, 0.4) is 0 Å². The minimum atomic E-state index is 0.0724. The molecule has 2 N–H and O–H groups in total. The molecule has 0 aliphatic rings. The summed E-state index contributed by atoms with van der Waals surface area (Å²) >= 11 is 0. The van der Waals surface area contributed by atoms with Crippen molar-refractivity contribution in [1.82, 2.24) is 4.98 Å². The lowest BCUT2D eigenvalue weighted by Gasteiger charge is -2.14. The molecule has 0 radical (unpaired) electrons. The Morgan fingerprint density at radius 3 is 2.75 bits per heavy atom. The average Bonchev–Trinajstić information content (AvgIpc) is 2.25. The largest absolute Gasteiger partial charge is 0.489 e. The van der Waals surface area contributed by atoms with Crippen LogP contribution in [0.5, 0.6) is 5.75 Å². The van der Waals surface area contributed by atoms with Gasteiger partial charge in [0.2, 0.25) is 0 Å². The zero-order chi connectivity index (χ0) is 12.0. The first-order valence-corrected chi connectivity index (χ1v) is 6.00. The van der Waals surface area contributed by atoms with Crippen LogP contribution in [0.15, 0.2) is 18.5 Å². The lowest BCUT2D eigenvalue weighted by molar-refractivity contribution is 0.241. The van der Waals surface area contributed by atoms with Gasteiger partial charge in [-0.1, -0.05) is 19.8 Å². The summed E-state index contributed by atoms with van der Waals surface area (Å²) in [5, 5.41) is 0. The molecule has 90 valence electrons. The van der Waals surface area contributed by atoms with Crippen LogP contribution in [0, 0.1) is 0 Å². The number of rotatable bonds is 6. The Bertz CT molecular complexity index is 313. The molecule has 1 aromatic rings. The Balaban J connectivity index is 2.65. The Labute approximate surface area is 98.0 Å². The summed E-state index contributed by atoms with van der Waals surface area (Å²) in [6.45, 7) is 6.18. The van der Waals surface area contributed by atoms with Gasteiger partial charge in [0, 0.05) is 12.2 Å². The van der Waals surface area contributed by atoms with Gasteiger partial charge in [0.15, 0.2) is 0 Å². The van der Waals surface area contributed by atoms with Gasteiger partial charge in [-0.15, -0.1) is 0 Å². The van der Waals surface area contributed by atoms with Gasteiger partial charge < -0.3 is 10.5 Å². The van der Waals surface area contributed by atoms with E-state index in [1.807, 2.05) is 26.1 Å². The number of ether oxygens (including phenoxy) is 1. The molecule has 0 fully saturated rings. The third kappa shape index (κ3) is 4.19. The molecule has 3 heteroatoms. The van der Waals surface area contributed by atoms with E-state index in [-0.39, 0.29) is 12.1 Å². The molecule has 3 nitrogen and oxygen atoms in total. The number of pyridine rings is 1. The van der Waals surface area contributed by atoms with Crippen LogP contribution in [0.1, 0.15) is 51.6 Å². The second-order valence-electron chi connectivity index (χ2n) is 4.37. The van der Waals surface area contributed by atoms with E-state index in [2.05, 4.69) is 11.9 Å². The predicted octanol–water partition coefficient (Wildman–Crippen LogP) is 3.06. The first kappa shape index (κ1) is 13.0. The summed E-state index contributed by atoms with van der Waals surface area (Å²) in [6, 6.07) is 2.07. The summed E-state index contributed by atoms with van der Waals surface area (Å²) in [7, 11) is 0. The van der Waals surface area contributed by atoms with Crippen LogP contribution in [0.2, 0.25) is 0 Å². The van der Waals surface area contributed by atoms with Crippen molar-refractivity contribution in [2.45, 2.75) is 52.2 Å². The molecule has 0 spiro atoms. The van der Waals surface area contributed by atoms with Crippen LogP contribution in [-0.4, -0.2) is 11.1 Å². The van der Waals surface area contributed by atoms with Crippen molar-refractivity contribution in [2.24, 2.45) is 5.73 Å². The van der Waals surface area contributed by atoms with E-state index in [1.165, 1.54) is 6.42 Å². The molecule has 1 heterocycles. The Kier molecular flexibility index (Phi) is 5.26. The quantitative estimate of drug-likeness (QED) is 0.804. The fraction of sp³-hybridized carbons (Fsp3) is 0.615. The third-order valence-electron chi connectivity index (χ3n) is 2.40. The highest BCUT2D eigenvalue weighted by atomic mass is 16.5. The summed E-state index contributed by atoms with van der Waals surface area (Å²) in [5.74, 6) is 0.805. The molecular formula is C13H22N2O. The number of hydrogen-bond acceptors (Lipinski definition) is 3. The molecule has 16 heavy (non-hydrogen) atoms. The zero-order valence-electron chi connectivity index (χ0n) is 10.4. The maximum Gasteiger partial charge on any atom is 0.138 e. The molecule has 1 aromatic heterocycles. The Morgan fingerprint density at radius 2 is 2.12 bits per heavy atom. The van der Waals surface area contributed by atoms with E-state index >= 15 is 0 Å². The van der Waals surface area contributed by atoms with Crippen LogP contribution in [0.4, 0.5) is 0 Å². The van der Waals surface area contributed by atoms with Gasteiger partial charge in [0.25, 0.3) is 0 Å². The van der Waals surface area contributed by atoms with Crippen LogP contribution in [-0.2, 0) is 0 Å². The maximum absolute atomic E-state index is 6.09. The summed E-state index contributed by atoms with van der Waals surface area (Å²) in [5.41, 5.74) is 7.15. The molecule has 0 aliphatic heterocycles. The molecule has 0 saturated heterocycles. The van der Waals surface area contributed by atoms with Crippen LogP contribution >= 0.6 is 0 Å². The number of nitrogens with two attached hydrogens (primary N) is 1. The van der Waals surface area contributed by atoms with Crippen LogP contribution < -0.4 is 10.5 Å². The maximum atomic E-state index is 6.09. The van der Waals surface area contributed by atoms with E-state index < -0.39 is 0 Å². The summed E-state index contributed by atoms with van der Waals surface area (Å²) < 4.78 is 5.59. The van der Waals surface area contributed by atoms with Crippen LogP contribution in [0.25, 0.3) is 0 Å². The van der Waals surface area contributed by atoms with E-state index in [1.54, 1.807) is 6.20 Å². The van der Waals surface area contributed by atoms with Gasteiger partial charge in [-0.3, -0.25) is 4.98 Å². The van der Waals surface area contributed by atoms with Gasteiger partial charge >= 0.3 is 0 Å². The third-order valence-corrected chi connectivity index (χ3v) is 2.40. The number of hydrogen-bond donors (Lipinski definition) is 1. The van der Waals surface area contributed by atoms with Crippen molar-refractivity contribution in [1.29, 1.82) is 0 Å². The van der Waals surface area contributed by atoms with E-state index in [9.17, 15) is 0 Å². The number of nitrogens with zero attached hydrogens (tertiary/aromatic N) is 1. The molecule has 0 aliphatic carbocycles. The molecule has 0 saturated carbocycles. The van der Waals surface area contributed by atoms with Gasteiger partial charge in [0.05, 0.1) is 12.3 Å². The summed E-state index contributed by atoms with van der Waals surface area (Å²) in [6.07, 6.45) is 7.05. The smallest absolute Gasteiger partial charge is 0.138 e. The Hall–Kier alpha value is -1.09. The second-order valence-corrected chi connectivity index (χ2v) is 4.37. The first-order chi connectivity index (χ1) is 7.63. The normalized spacial score (nSPS) is 12.8. The number of unbranched alkanes of at least 4 members (excludes halogenated alkanes) is 1. The predicted molar refractivity (Wildman–Crippen MR) is 66.5 cm³/mol. The fourth-order valence-electron chi connectivity index (χ4n) is 1.57. The fourth-order valence-corrected chi connectivity index (χ4v) is 1.57. The lowest BCUT2D eigenvalue weighted by Crippen LogP contribution is -2.11. The minimum Gasteiger partial charge on any atom is -0.489 e. The topological polar surface area (TPSA) is 48.1 Å². The highest BCUT2D eigenvalue weighted by molar-refractivity contribution is 5.25. The lowest BCUT2D eigenvalue weighted by atomic mass is 10.0. The van der Waals surface area contributed by atoms with E-state index in [0.29, 0.717) is 0 Å². The van der Waals surface area contributed by atoms with Crippen molar-refractivity contribution in [3.63, 3.8) is 0 Å². The van der Waals surface area contributed by atoms with Crippen molar-refractivity contribution >= 4 is 0 Å². The molecule has 0 amide bonds. The Morgan fingerprint density at radius 1 is 1.38 bits per heavy atom. The minimum absolute atomic E-state index is 0.0724. The second kappa shape index (κ2) is 6.48. The SMILES string of the molecule is CCCCC(N)c1cncc(OC(C)C)c1. The first-order valence-electron chi connectivity index (χ1n) is 6.00. The molecule has 0 bridgehead atoms. The highest BCUT2D eigenvalue weighted by Gasteiger charge is 2.07. The molecule has 0 aromatic carbocycles. The molecule has 1 unspecified atom stereocenters. The monoisotopic (exact) mass is 222 g/mol. The molecular weight excluding hydrogens is 200 g/mol. The molecule has 1 atom stereocenters.